The quantitative estimate of drug-likeness (QED) is 0.773. The number of carbonyl (C=O) groups excluding carboxylic acids is 2. The highest BCUT2D eigenvalue weighted by Crippen LogP contribution is 2.29. The number of rotatable bonds is 4. The van der Waals surface area contributed by atoms with Gasteiger partial charge in [-0.15, -0.1) is 11.3 Å². The summed E-state index contributed by atoms with van der Waals surface area (Å²) < 4.78 is 7.14. The van der Waals surface area contributed by atoms with Crippen LogP contribution in [0.2, 0.25) is 0 Å². The largest absolute Gasteiger partial charge is 0.448 e. The van der Waals surface area contributed by atoms with Crippen LogP contribution in [-0.4, -0.2) is 33.6 Å². The van der Waals surface area contributed by atoms with Gasteiger partial charge in [0.15, 0.2) is 6.10 Å². The van der Waals surface area contributed by atoms with Crippen LogP contribution in [-0.2, 0) is 22.5 Å². The van der Waals surface area contributed by atoms with E-state index in [1.165, 1.54) is 17.8 Å². The molecule has 29 heavy (non-hydrogen) atoms. The number of fused-ring (bicyclic) bond motifs is 2. The van der Waals surface area contributed by atoms with Gasteiger partial charge in [0.2, 0.25) is 0 Å². The van der Waals surface area contributed by atoms with E-state index < -0.39 is 12.1 Å². The molecule has 2 aromatic rings. The van der Waals surface area contributed by atoms with E-state index in [1.807, 2.05) is 0 Å². The summed E-state index contributed by atoms with van der Waals surface area (Å²) in [6.45, 7) is 6.15. The third-order valence-electron chi connectivity index (χ3n) is 6.19. The number of nitrogens with zero attached hydrogens (tertiary/aromatic N) is 2. The Balaban J connectivity index is 1.50. The summed E-state index contributed by atoms with van der Waals surface area (Å²) in [6, 6.07) is 0.134. The molecule has 2 aromatic heterocycles. The average Bonchev–Trinajstić information content (AvgIpc) is 3.28. The van der Waals surface area contributed by atoms with E-state index in [4.69, 9.17) is 4.74 Å². The third-order valence-corrected chi connectivity index (χ3v) is 7.35. The fourth-order valence-corrected chi connectivity index (χ4v) is 5.44. The second-order valence-electron chi connectivity index (χ2n) is 8.25. The van der Waals surface area contributed by atoms with Crippen LogP contribution < -0.4 is 10.9 Å². The Kier molecular flexibility index (Phi) is 5.46. The average molecular weight is 418 g/mol. The van der Waals surface area contributed by atoms with E-state index >= 15 is 0 Å². The number of hydrogen-bond donors (Lipinski definition) is 1. The first-order valence-corrected chi connectivity index (χ1v) is 11.2. The van der Waals surface area contributed by atoms with Crippen molar-refractivity contribution in [2.75, 3.05) is 0 Å². The minimum Gasteiger partial charge on any atom is -0.448 e. The van der Waals surface area contributed by atoms with Crippen molar-refractivity contribution in [1.29, 1.82) is 0 Å². The smallest absolute Gasteiger partial charge is 0.349 e. The van der Waals surface area contributed by atoms with E-state index in [2.05, 4.69) is 17.2 Å². The fraction of sp³-hybridized carbons (Fsp3) is 0.619. The maximum Gasteiger partial charge on any atom is 0.349 e. The van der Waals surface area contributed by atoms with Gasteiger partial charge >= 0.3 is 5.97 Å². The molecule has 8 heteroatoms. The van der Waals surface area contributed by atoms with E-state index in [0.717, 1.165) is 37.9 Å². The zero-order chi connectivity index (χ0) is 20.7. The van der Waals surface area contributed by atoms with Crippen molar-refractivity contribution in [3.05, 3.63) is 26.6 Å². The lowest BCUT2D eigenvalue weighted by atomic mass is 9.86. The number of carbonyl (C=O) groups is 2. The highest BCUT2D eigenvalue weighted by atomic mass is 32.1. The molecule has 0 aromatic carbocycles. The summed E-state index contributed by atoms with van der Waals surface area (Å²) in [5, 5.41) is 3.51. The Hall–Kier alpha value is -2.22. The van der Waals surface area contributed by atoms with E-state index in [9.17, 15) is 14.4 Å². The molecule has 1 aliphatic carbocycles. The zero-order valence-electron chi connectivity index (χ0n) is 17.1. The molecule has 1 fully saturated rings. The molecule has 1 amide bonds. The number of amides is 1. The predicted molar refractivity (Wildman–Crippen MR) is 111 cm³/mol. The van der Waals surface area contributed by atoms with Crippen molar-refractivity contribution in [2.24, 2.45) is 5.92 Å². The van der Waals surface area contributed by atoms with Crippen LogP contribution in [0.3, 0.4) is 0 Å². The van der Waals surface area contributed by atoms with Gasteiger partial charge < -0.3 is 10.1 Å². The van der Waals surface area contributed by atoms with Crippen LogP contribution >= 0.6 is 11.3 Å². The summed E-state index contributed by atoms with van der Waals surface area (Å²) in [4.78, 5) is 43.5. The number of hydrogen-bond acceptors (Lipinski definition) is 6. The number of ether oxygens (including phenoxy) is 1. The van der Waals surface area contributed by atoms with Gasteiger partial charge in [0.1, 0.15) is 15.5 Å². The lowest BCUT2D eigenvalue weighted by Gasteiger charge is -2.30. The summed E-state index contributed by atoms with van der Waals surface area (Å²) in [5.74, 6) is 0.363. The van der Waals surface area contributed by atoms with Gasteiger partial charge in [-0.2, -0.15) is 0 Å². The van der Waals surface area contributed by atoms with Crippen LogP contribution in [0.15, 0.2) is 4.79 Å². The Morgan fingerprint density at radius 1 is 1.28 bits per heavy atom. The number of aryl methyl sites for hydroxylation is 2. The summed E-state index contributed by atoms with van der Waals surface area (Å²) in [6.07, 6.45) is 5.17. The molecule has 3 atom stereocenters. The molecule has 156 valence electrons. The molecule has 0 saturated heterocycles. The maximum absolute atomic E-state index is 12.8. The minimum atomic E-state index is -0.889. The highest BCUT2D eigenvalue weighted by Gasteiger charge is 2.29. The summed E-state index contributed by atoms with van der Waals surface area (Å²) in [7, 11) is 0. The van der Waals surface area contributed by atoms with Gasteiger partial charge in [-0.3, -0.25) is 14.2 Å². The lowest BCUT2D eigenvalue weighted by molar-refractivity contribution is -0.130. The SMILES string of the molecule is Cc1c(C(=O)O[C@H](C)C(=O)N[C@@H]2CCCC[C@@H]2C)sc2nc3n(c(=O)c12)CCC3. The summed E-state index contributed by atoms with van der Waals surface area (Å²) >= 11 is 1.17. The molecule has 4 rings (SSSR count). The van der Waals surface area contributed by atoms with Crippen molar-refractivity contribution in [3.63, 3.8) is 0 Å². The van der Waals surface area contributed by atoms with Gasteiger partial charge in [-0.1, -0.05) is 19.8 Å². The first kappa shape index (κ1) is 20.1. The Labute approximate surface area is 173 Å². The van der Waals surface area contributed by atoms with Crippen molar-refractivity contribution in [2.45, 2.75) is 78.0 Å². The predicted octanol–water partition coefficient (Wildman–Crippen LogP) is 2.95. The molecular formula is C21H27N3O4S. The van der Waals surface area contributed by atoms with Gasteiger partial charge in [0.25, 0.3) is 11.5 Å². The van der Waals surface area contributed by atoms with Crippen molar-refractivity contribution in [1.82, 2.24) is 14.9 Å². The summed E-state index contributed by atoms with van der Waals surface area (Å²) in [5.41, 5.74) is 0.496. The van der Waals surface area contributed by atoms with Crippen molar-refractivity contribution >= 4 is 33.4 Å². The number of esters is 1. The molecule has 0 spiro atoms. The van der Waals surface area contributed by atoms with Gasteiger partial charge in [0, 0.05) is 19.0 Å². The van der Waals surface area contributed by atoms with Gasteiger partial charge in [0.05, 0.1) is 5.39 Å². The maximum atomic E-state index is 12.8. The third kappa shape index (κ3) is 3.70. The van der Waals surface area contributed by atoms with Gasteiger partial charge in [-0.05, 0) is 44.6 Å². The molecular weight excluding hydrogens is 390 g/mol. The highest BCUT2D eigenvalue weighted by molar-refractivity contribution is 7.20. The van der Waals surface area contributed by atoms with Crippen LogP contribution in [0.5, 0.6) is 0 Å². The molecule has 1 N–H and O–H groups in total. The monoisotopic (exact) mass is 417 g/mol. The van der Waals surface area contributed by atoms with Crippen molar-refractivity contribution in [3.8, 4) is 0 Å². The van der Waals surface area contributed by atoms with Crippen LogP contribution in [0.25, 0.3) is 10.2 Å². The number of nitrogens with one attached hydrogen (secondary N) is 1. The molecule has 0 unspecified atom stereocenters. The van der Waals surface area contributed by atoms with E-state index in [-0.39, 0.29) is 17.5 Å². The zero-order valence-corrected chi connectivity index (χ0v) is 17.9. The fourth-order valence-electron chi connectivity index (χ4n) is 4.37. The van der Waals surface area contributed by atoms with E-state index in [1.54, 1.807) is 18.4 Å². The molecule has 1 saturated carbocycles. The first-order valence-electron chi connectivity index (χ1n) is 10.4. The lowest BCUT2D eigenvalue weighted by Crippen LogP contribution is -2.45. The van der Waals surface area contributed by atoms with E-state index in [0.29, 0.717) is 33.1 Å². The Bertz CT molecular complexity index is 1030. The Morgan fingerprint density at radius 2 is 2.03 bits per heavy atom. The van der Waals surface area contributed by atoms with Crippen LogP contribution in [0.4, 0.5) is 0 Å². The van der Waals surface area contributed by atoms with Crippen LogP contribution in [0.1, 0.15) is 67.0 Å². The van der Waals surface area contributed by atoms with Crippen molar-refractivity contribution < 1.29 is 14.3 Å². The molecule has 0 radical (unpaired) electrons. The molecule has 0 bridgehead atoms. The molecule has 1 aliphatic heterocycles. The molecule has 3 heterocycles. The molecule has 7 nitrogen and oxygen atoms in total. The molecule has 2 aliphatic rings. The minimum absolute atomic E-state index is 0.0904. The standard InChI is InChI=1S/C21H27N3O4S/c1-11-7-4-5-8-14(11)22-18(25)13(3)28-21(27)17-12(2)16-19(29-17)23-15-9-6-10-24(15)20(16)26/h11,13-14H,4-10H2,1-3H3,(H,22,25)/t11-,13+,14+/m0/s1. The second kappa shape index (κ2) is 7.89. The second-order valence-corrected chi connectivity index (χ2v) is 9.25. The normalized spacial score (nSPS) is 22.3. The topological polar surface area (TPSA) is 90.3 Å². The first-order chi connectivity index (χ1) is 13.9. The number of thiophene rings is 1. The van der Waals surface area contributed by atoms with Gasteiger partial charge in [-0.25, -0.2) is 9.78 Å². The number of aromatic nitrogens is 2. The van der Waals surface area contributed by atoms with Crippen LogP contribution in [0, 0.1) is 12.8 Å². The Morgan fingerprint density at radius 3 is 2.79 bits per heavy atom.